The molecule has 3 aromatic carbocycles. The molecular formula is C27H18ClN3S. The summed E-state index contributed by atoms with van der Waals surface area (Å²) >= 11 is 8.17. The van der Waals surface area contributed by atoms with E-state index in [-0.39, 0.29) is 5.28 Å². The van der Waals surface area contributed by atoms with Gasteiger partial charge in [-0.15, -0.1) is 11.3 Å². The molecule has 0 bridgehead atoms. The van der Waals surface area contributed by atoms with Gasteiger partial charge in [-0.1, -0.05) is 78.9 Å². The molecule has 1 aliphatic carbocycles. The van der Waals surface area contributed by atoms with Crippen LogP contribution in [0, 0.1) is 0 Å². The molecule has 0 fully saturated rings. The van der Waals surface area contributed by atoms with Crippen molar-refractivity contribution in [3.63, 3.8) is 0 Å². The molecule has 2 heterocycles. The lowest BCUT2D eigenvalue weighted by atomic mass is 10.0. The molecule has 2 aromatic heterocycles. The highest BCUT2D eigenvalue weighted by molar-refractivity contribution is 7.19. The molecule has 0 unspecified atom stereocenters. The standard InChI is InChI=1S/C27H18ClN3S/c28-27-30-25(19-12-10-18(11-13-19)17-6-2-1-3-7-17)29-26(31-27)20-14-15-22-21-8-4-5-9-23(21)32-24(22)16-20/h1-4,6-8,10-16H,5,9H2. The Bertz CT molecular complexity index is 1470. The van der Waals surface area contributed by atoms with Gasteiger partial charge in [0, 0.05) is 20.7 Å². The average molecular weight is 452 g/mol. The predicted octanol–water partition coefficient (Wildman–Crippen LogP) is 7.70. The van der Waals surface area contributed by atoms with Crippen LogP contribution in [0.15, 0.2) is 78.9 Å². The van der Waals surface area contributed by atoms with E-state index in [0.717, 1.165) is 29.5 Å². The minimum Gasteiger partial charge on any atom is -0.208 e. The maximum absolute atomic E-state index is 6.31. The number of allylic oxidation sites excluding steroid dienone is 1. The van der Waals surface area contributed by atoms with Gasteiger partial charge in [0.2, 0.25) is 5.28 Å². The predicted molar refractivity (Wildman–Crippen MR) is 134 cm³/mol. The fraction of sp³-hybridized carbons (Fsp3) is 0.0741. The van der Waals surface area contributed by atoms with E-state index in [0.29, 0.717) is 11.6 Å². The molecule has 5 heteroatoms. The number of benzene rings is 3. The average Bonchev–Trinajstić information content (AvgIpc) is 3.22. The molecular weight excluding hydrogens is 434 g/mol. The summed E-state index contributed by atoms with van der Waals surface area (Å²) < 4.78 is 1.25. The van der Waals surface area contributed by atoms with Crippen LogP contribution in [0.1, 0.15) is 16.9 Å². The van der Waals surface area contributed by atoms with Crippen molar-refractivity contribution in [1.82, 2.24) is 15.0 Å². The van der Waals surface area contributed by atoms with E-state index >= 15 is 0 Å². The Labute approximate surface area is 195 Å². The fourth-order valence-corrected chi connectivity index (χ4v) is 5.55. The summed E-state index contributed by atoms with van der Waals surface area (Å²) in [6.07, 6.45) is 6.72. The number of hydrogen-bond donors (Lipinski definition) is 0. The van der Waals surface area contributed by atoms with Crippen LogP contribution >= 0.6 is 22.9 Å². The lowest BCUT2D eigenvalue weighted by Gasteiger charge is -2.07. The first-order valence-corrected chi connectivity index (χ1v) is 11.7. The van der Waals surface area contributed by atoms with Crippen LogP contribution in [0.5, 0.6) is 0 Å². The molecule has 0 atom stereocenters. The molecule has 0 aliphatic heterocycles. The van der Waals surface area contributed by atoms with Gasteiger partial charge < -0.3 is 0 Å². The SMILES string of the molecule is Clc1nc(-c2ccc(-c3ccccc3)cc2)nc(-c2ccc3c4c(sc3c2)CCC=C4)n1. The highest BCUT2D eigenvalue weighted by Crippen LogP contribution is 2.37. The number of nitrogens with zero attached hydrogens (tertiary/aromatic N) is 3. The summed E-state index contributed by atoms with van der Waals surface area (Å²) in [6.45, 7) is 0. The molecule has 3 nitrogen and oxygen atoms in total. The zero-order valence-electron chi connectivity index (χ0n) is 17.1. The lowest BCUT2D eigenvalue weighted by molar-refractivity contribution is 1.02. The first kappa shape index (κ1) is 19.4. The molecule has 0 spiro atoms. The minimum absolute atomic E-state index is 0.200. The largest absolute Gasteiger partial charge is 0.226 e. The Morgan fingerprint density at radius 3 is 2.22 bits per heavy atom. The van der Waals surface area contributed by atoms with Crippen LogP contribution in [-0.2, 0) is 6.42 Å². The number of halogens is 1. The second-order valence-corrected chi connectivity index (χ2v) is 9.26. The Hall–Kier alpha value is -3.34. The zero-order valence-corrected chi connectivity index (χ0v) is 18.7. The highest BCUT2D eigenvalue weighted by Gasteiger charge is 2.15. The number of thiophene rings is 1. The van der Waals surface area contributed by atoms with E-state index in [1.54, 1.807) is 0 Å². The van der Waals surface area contributed by atoms with E-state index in [1.807, 2.05) is 41.7 Å². The summed E-state index contributed by atoms with van der Waals surface area (Å²) in [6, 6.07) is 24.9. The van der Waals surface area contributed by atoms with Crippen LogP contribution in [0.2, 0.25) is 5.28 Å². The highest BCUT2D eigenvalue weighted by atomic mass is 35.5. The van der Waals surface area contributed by atoms with Gasteiger partial charge in [0.1, 0.15) is 0 Å². The summed E-state index contributed by atoms with van der Waals surface area (Å²) in [5.41, 5.74) is 5.54. The Kier molecular flexibility index (Phi) is 4.82. The van der Waals surface area contributed by atoms with Crippen molar-refractivity contribution in [3.05, 3.63) is 94.6 Å². The van der Waals surface area contributed by atoms with Crippen molar-refractivity contribution in [1.29, 1.82) is 0 Å². The van der Waals surface area contributed by atoms with Crippen molar-refractivity contribution >= 4 is 39.1 Å². The third kappa shape index (κ3) is 3.52. The fourth-order valence-electron chi connectivity index (χ4n) is 4.14. The monoisotopic (exact) mass is 451 g/mol. The maximum Gasteiger partial charge on any atom is 0.226 e. The quantitative estimate of drug-likeness (QED) is 0.282. The van der Waals surface area contributed by atoms with Crippen LogP contribution in [-0.4, -0.2) is 15.0 Å². The summed E-state index contributed by atoms with van der Waals surface area (Å²) in [5, 5.41) is 1.49. The third-order valence-electron chi connectivity index (χ3n) is 5.74. The molecule has 154 valence electrons. The van der Waals surface area contributed by atoms with Crippen LogP contribution < -0.4 is 0 Å². The normalized spacial score (nSPS) is 12.8. The number of aryl methyl sites for hydroxylation is 1. The van der Waals surface area contributed by atoms with Crippen LogP contribution in [0.3, 0.4) is 0 Å². The molecule has 0 saturated carbocycles. The second kappa shape index (κ2) is 7.97. The van der Waals surface area contributed by atoms with Gasteiger partial charge in [-0.25, -0.2) is 4.98 Å². The van der Waals surface area contributed by atoms with Crippen molar-refractivity contribution in [2.24, 2.45) is 0 Å². The van der Waals surface area contributed by atoms with Crippen molar-refractivity contribution < 1.29 is 0 Å². The second-order valence-electron chi connectivity index (χ2n) is 7.79. The molecule has 6 rings (SSSR count). The first-order valence-electron chi connectivity index (χ1n) is 10.5. The van der Waals surface area contributed by atoms with E-state index in [1.165, 1.54) is 26.1 Å². The van der Waals surface area contributed by atoms with Crippen molar-refractivity contribution in [2.75, 3.05) is 0 Å². The third-order valence-corrected chi connectivity index (χ3v) is 7.14. The minimum atomic E-state index is 0.200. The molecule has 0 saturated heterocycles. The molecule has 5 aromatic rings. The van der Waals surface area contributed by atoms with E-state index in [2.05, 4.69) is 64.6 Å². The van der Waals surface area contributed by atoms with Gasteiger partial charge in [-0.2, -0.15) is 9.97 Å². The Balaban J connectivity index is 1.38. The molecule has 32 heavy (non-hydrogen) atoms. The van der Waals surface area contributed by atoms with Crippen molar-refractivity contribution in [2.45, 2.75) is 12.8 Å². The summed E-state index contributed by atoms with van der Waals surface area (Å²) in [4.78, 5) is 15.0. The Morgan fingerprint density at radius 2 is 1.41 bits per heavy atom. The van der Waals surface area contributed by atoms with Gasteiger partial charge in [0.05, 0.1) is 0 Å². The smallest absolute Gasteiger partial charge is 0.208 e. The van der Waals surface area contributed by atoms with Gasteiger partial charge in [0.25, 0.3) is 0 Å². The van der Waals surface area contributed by atoms with Gasteiger partial charge in [-0.05, 0) is 52.6 Å². The topological polar surface area (TPSA) is 38.7 Å². The van der Waals surface area contributed by atoms with Crippen molar-refractivity contribution in [3.8, 4) is 33.9 Å². The lowest BCUT2D eigenvalue weighted by Crippen LogP contribution is -1.97. The first-order chi connectivity index (χ1) is 15.7. The molecule has 0 amide bonds. The van der Waals surface area contributed by atoms with Crippen LogP contribution in [0.4, 0.5) is 0 Å². The summed E-state index contributed by atoms with van der Waals surface area (Å²) in [7, 11) is 0. The van der Waals surface area contributed by atoms with Gasteiger partial charge in [0.15, 0.2) is 11.6 Å². The Morgan fingerprint density at radius 1 is 0.719 bits per heavy atom. The van der Waals surface area contributed by atoms with E-state index in [4.69, 9.17) is 16.6 Å². The van der Waals surface area contributed by atoms with E-state index < -0.39 is 0 Å². The zero-order chi connectivity index (χ0) is 21.5. The van der Waals surface area contributed by atoms with E-state index in [9.17, 15) is 0 Å². The molecule has 0 radical (unpaired) electrons. The number of fused-ring (bicyclic) bond motifs is 3. The number of hydrogen-bond acceptors (Lipinski definition) is 4. The molecule has 1 aliphatic rings. The number of rotatable bonds is 3. The maximum atomic E-state index is 6.31. The summed E-state index contributed by atoms with van der Waals surface area (Å²) in [5.74, 6) is 1.17. The molecule has 0 N–H and O–H groups in total. The van der Waals surface area contributed by atoms with Gasteiger partial charge >= 0.3 is 0 Å². The number of aromatic nitrogens is 3. The van der Waals surface area contributed by atoms with Gasteiger partial charge in [-0.3, -0.25) is 0 Å². The van der Waals surface area contributed by atoms with Crippen LogP contribution in [0.25, 0.3) is 50.1 Å².